The van der Waals surface area contributed by atoms with Gasteiger partial charge in [0.25, 0.3) is 0 Å². The zero-order valence-corrected chi connectivity index (χ0v) is 17.8. The first-order valence-corrected chi connectivity index (χ1v) is 10.8. The summed E-state index contributed by atoms with van der Waals surface area (Å²) in [4.78, 5) is 21.1. The molecule has 4 heterocycles. The van der Waals surface area contributed by atoms with Crippen molar-refractivity contribution >= 4 is 34.0 Å². The van der Waals surface area contributed by atoms with Crippen molar-refractivity contribution in [3.05, 3.63) is 41.6 Å². The highest BCUT2D eigenvalue weighted by atomic mass is 19.1. The van der Waals surface area contributed by atoms with Crippen molar-refractivity contribution in [2.45, 2.75) is 32.2 Å². The molecule has 9 heteroatoms. The minimum Gasteiger partial charge on any atom is -0.396 e. The van der Waals surface area contributed by atoms with Gasteiger partial charge in [0, 0.05) is 42.1 Å². The van der Waals surface area contributed by atoms with E-state index in [9.17, 15) is 4.79 Å². The first kappa shape index (κ1) is 20.4. The fourth-order valence-electron chi connectivity index (χ4n) is 4.37. The van der Waals surface area contributed by atoms with Gasteiger partial charge >= 0.3 is 6.03 Å². The number of amides is 2. The molecule has 1 unspecified atom stereocenters. The SMILES string of the molecule is Cc1c(-c2cc3cc(NC(=O)NC4CCOC4)ncc3c(N)c2F)cnc2c1NCCC2. The van der Waals surface area contributed by atoms with Gasteiger partial charge in [-0.2, -0.15) is 0 Å². The molecule has 0 saturated carbocycles. The number of aromatic nitrogens is 2. The number of rotatable bonds is 3. The Hall–Kier alpha value is -3.46. The van der Waals surface area contributed by atoms with Crippen LogP contribution < -0.4 is 21.7 Å². The minimum absolute atomic E-state index is 0.0140. The van der Waals surface area contributed by atoms with E-state index < -0.39 is 5.82 Å². The average molecular weight is 436 g/mol. The lowest BCUT2D eigenvalue weighted by Gasteiger charge is -2.21. The van der Waals surface area contributed by atoms with Crippen molar-refractivity contribution in [3.63, 3.8) is 0 Å². The van der Waals surface area contributed by atoms with Crippen LogP contribution in [0.5, 0.6) is 0 Å². The molecule has 166 valence electrons. The largest absolute Gasteiger partial charge is 0.396 e. The fraction of sp³-hybridized carbons (Fsp3) is 0.348. The molecule has 0 aliphatic carbocycles. The summed E-state index contributed by atoms with van der Waals surface area (Å²) in [5.74, 6) is -0.146. The lowest BCUT2D eigenvalue weighted by atomic mass is 9.95. The number of aryl methyl sites for hydroxylation is 1. The lowest BCUT2D eigenvalue weighted by molar-refractivity contribution is 0.189. The molecule has 2 amide bonds. The van der Waals surface area contributed by atoms with Gasteiger partial charge < -0.3 is 21.1 Å². The Kier molecular flexibility index (Phi) is 5.26. The first-order chi connectivity index (χ1) is 15.5. The number of urea groups is 1. The predicted octanol–water partition coefficient (Wildman–Crippen LogP) is 3.60. The van der Waals surface area contributed by atoms with Gasteiger partial charge in [-0.3, -0.25) is 10.3 Å². The molecule has 32 heavy (non-hydrogen) atoms. The Morgan fingerprint density at radius 1 is 1.28 bits per heavy atom. The summed E-state index contributed by atoms with van der Waals surface area (Å²) < 4.78 is 20.5. The zero-order valence-electron chi connectivity index (χ0n) is 17.8. The van der Waals surface area contributed by atoms with E-state index in [0.717, 1.165) is 42.8 Å². The number of fused-ring (bicyclic) bond motifs is 2. The molecular weight excluding hydrogens is 411 g/mol. The van der Waals surface area contributed by atoms with Crippen molar-refractivity contribution in [1.29, 1.82) is 0 Å². The number of nitrogen functional groups attached to an aromatic ring is 1. The molecule has 3 aromatic rings. The van der Waals surface area contributed by atoms with Gasteiger partial charge in [0.1, 0.15) is 5.82 Å². The number of benzene rings is 1. The van der Waals surface area contributed by atoms with Crippen molar-refractivity contribution in [3.8, 4) is 11.1 Å². The molecule has 8 nitrogen and oxygen atoms in total. The van der Waals surface area contributed by atoms with E-state index in [1.165, 1.54) is 6.20 Å². The summed E-state index contributed by atoms with van der Waals surface area (Å²) in [6.07, 6.45) is 5.90. The Morgan fingerprint density at radius 3 is 2.97 bits per heavy atom. The van der Waals surface area contributed by atoms with Gasteiger partial charge in [0.05, 0.1) is 29.7 Å². The normalized spacial score (nSPS) is 17.6. The van der Waals surface area contributed by atoms with Crippen molar-refractivity contribution < 1.29 is 13.9 Å². The third-order valence-electron chi connectivity index (χ3n) is 6.10. The predicted molar refractivity (Wildman–Crippen MR) is 122 cm³/mol. The summed E-state index contributed by atoms with van der Waals surface area (Å²) in [5, 5.41) is 10.1. The van der Waals surface area contributed by atoms with Crippen LogP contribution in [0.4, 0.5) is 26.4 Å². The van der Waals surface area contributed by atoms with Crippen LogP contribution in [0.2, 0.25) is 0 Å². The number of anilines is 3. The van der Waals surface area contributed by atoms with E-state index in [0.29, 0.717) is 40.9 Å². The maximum atomic E-state index is 15.3. The molecule has 1 fully saturated rings. The molecule has 1 aromatic carbocycles. The second kappa shape index (κ2) is 8.23. The van der Waals surface area contributed by atoms with Crippen LogP contribution in [0.15, 0.2) is 24.5 Å². The van der Waals surface area contributed by atoms with Crippen LogP contribution in [-0.4, -0.2) is 41.8 Å². The third-order valence-corrected chi connectivity index (χ3v) is 6.10. The number of ether oxygens (including phenoxy) is 1. The molecule has 0 bridgehead atoms. The van der Waals surface area contributed by atoms with E-state index in [4.69, 9.17) is 10.5 Å². The number of hydrogen-bond acceptors (Lipinski definition) is 6. The standard InChI is InChI=1S/C23H25FN6O2/c1-12-16(9-27-18-3-2-5-26-22(12)18)15-7-13-8-19(28-10-17(13)21(25)20(15)24)30-23(31)29-14-4-6-32-11-14/h7-10,14,26H,2-6,11,25H2,1H3,(H2,28,29,30,31). The highest BCUT2D eigenvalue weighted by molar-refractivity contribution is 5.99. The third kappa shape index (κ3) is 3.69. The van der Waals surface area contributed by atoms with Gasteiger partial charge in [-0.05, 0) is 49.3 Å². The number of nitrogens with zero attached hydrogens (tertiary/aromatic N) is 2. The van der Waals surface area contributed by atoms with E-state index >= 15 is 4.39 Å². The number of carbonyl (C=O) groups is 1. The van der Waals surface area contributed by atoms with Gasteiger partial charge in [0.2, 0.25) is 0 Å². The highest BCUT2D eigenvalue weighted by Crippen LogP contribution is 2.38. The molecule has 0 radical (unpaired) electrons. The second-order valence-electron chi connectivity index (χ2n) is 8.25. The Morgan fingerprint density at radius 2 is 2.16 bits per heavy atom. The monoisotopic (exact) mass is 436 g/mol. The van der Waals surface area contributed by atoms with E-state index in [1.54, 1.807) is 18.3 Å². The van der Waals surface area contributed by atoms with Crippen LogP contribution in [-0.2, 0) is 11.2 Å². The summed E-state index contributed by atoms with van der Waals surface area (Å²) in [7, 11) is 0. The van der Waals surface area contributed by atoms with Crippen LogP contribution in [0, 0.1) is 12.7 Å². The zero-order chi connectivity index (χ0) is 22.2. The second-order valence-corrected chi connectivity index (χ2v) is 8.25. The number of carbonyl (C=O) groups excluding carboxylic acids is 1. The molecule has 1 atom stereocenters. The van der Waals surface area contributed by atoms with Crippen molar-refractivity contribution in [2.75, 3.05) is 36.1 Å². The molecule has 2 aliphatic rings. The molecule has 1 saturated heterocycles. The minimum atomic E-state index is -0.500. The van der Waals surface area contributed by atoms with Crippen molar-refractivity contribution in [1.82, 2.24) is 15.3 Å². The molecular formula is C23H25FN6O2. The molecule has 0 spiro atoms. The quantitative estimate of drug-likeness (QED) is 0.467. The summed E-state index contributed by atoms with van der Waals surface area (Å²) in [6, 6.07) is 3.05. The van der Waals surface area contributed by atoms with Crippen molar-refractivity contribution in [2.24, 2.45) is 0 Å². The number of halogens is 1. The average Bonchev–Trinajstić information content (AvgIpc) is 3.30. The van der Waals surface area contributed by atoms with Gasteiger partial charge in [-0.15, -0.1) is 0 Å². The van der Waals surface area contributed by atoms with Gasteiger partial charge in [-0.1, -0.05) is 0 Å². The highest BCUT2D eigenvalue weighted by Gasteiger charge is 2.21. The lowest BCUT2D eigenvalue weighted by Crippen LogP contribution is -2.38. The Labute approximate surface area is 184 Å². The molecule has 5 N–H and O–H groups in total. The summed E-state index contributed by atoms with van der Waals surface area (Å²) in [5.41, 5.74) is 10.1. The van der Waals surface area contributed by atoms with Crippen LogP contribution in [0.25, 0.3) is 21.9 Å². The van der Waals surface area contributed by atoms with Gasteiger partial charge in [0.15, 0.2) is 5.82 Å². The van der Waals surface area contributed by atoms with E-state index in [2.05, 4.69) is 25.9 Å². The first-order valence-electron chi connectivity index (χ1n) is 10.8. The maximum Gasteiger partial charge on any atom is 0.320 e. The number of nitrogens with one attached hydrogen (secondary N) is 3. The summed E-state index contributed by atoms with van der Waals surface area (Å²) in [6.45, 7) is 3.97. The Balaban J connectivity index is 1.50. The molecule has 5 rings (SSSR count). The van der Waals surface area contributed by atoms with Crippen LogP contribution >= 0.6 is 0 Å². The Bertz CT molecular complexity index is 1210. The number of pyridine rings is 2. The topological polar surface area (TPSA) is 114 Å². The molecule has 2 aliphatic heterocycles. The van der Waals surface area contributed by atoms with E-state index in [-0.39, 0.29) is 17.8 Å². The van der Waals surface area contributed by atoms with E-state index in [1.807, 2.05) is 6.92 Å². The number of hydrogen-bond donors (Lipinski definition) is 4. The van der Waals surface area contributed by atoms with Gasteiger partial charge in [-0.25, -0.2) is 14.2 Å². The summed E-state index contributed by atoms with van der Waals surface area (Å²) >= 11 is 0. The number of nitrogens with two attached hydrogens (primary N) is 1. The van der Waals surface area contributed by atoms with Crippen LogP contribution in [0.1, 0.15) is 24.1 Å². The fourth-order valence-corrected chi connectivity index (χ4v) is 4.37. The molecule has 2 aromatic heterocycles. The maximum absolute atomic E-state index is 15.3. The van der Waals surface area contributed by atoms with Crippen LogP contribution in [0.3, 0.4) is 0 Å². The smallest absolute Gasteiger partial charge is 0.320 e.